The number of hydrogen-bond donors (Lipinski definition) is 0. The molecule has 2 amide bonds. The van der Waals surface area contributed by atoms with E-state index in [-0.39, 0.29) is 23.1 Å². The highest BCUT2D eigenvalue weighted by Crippen LogP contribution is 2.37. The maximum Gasteiger partial charge on any atom is 0.240 e. The molecule has 0 saturated heterocycles. The lowest BCUT2D eigenvalue weighted by atomic mass is 10.0. The smallest absolute Gasteiger partial charge is 0.240 e. The van der Waals surface area contributed by atoms with Crippen molar-refractivity contribution in [2.24, 2.45) is 0 Å². The molecule has 8 heteroatoms. The van der Waals surface area contributed by atoms with Crippen LogP contribution in [0.4, 0.5) is 10.8 Å². The van der Waals surface area contributed by atoms with Gasteiger partial charge in [0.25, 0.3) is 0 Å². The van der Waals surface area contributed by atoms with Gasteiger partial charge in [-0.1, -0.05) is 41.3 Å². The zero-order valence-electron chi connectivity index (χ0n) is 15.4. The highest BCUT2D eigenvalue weighted by molar-refractivity contribution is 8.02. The lowest BCUT2D eigenvalue weighted by Crippen LogP contribution is -2.40. The number of nitrogens with zero attached hydrogens (tertiary/aromatic N) is 4. The van der Waals surface area contributed by atoms with E-state index in [1.54, 1.807) is 11.8 Å². The summed E-state index contributed by atoms with van der Waals surface area (Å²) in [6, 6.07) is 8.38. The van der Waals surface area contributed by atoms with E-state index in [0.717, 1.165) is 42.3 Å². The third kappa shape index (κ3) is 3.87. The van der Waals surface area contributed by atoms with Gasteiger partial charge in [0.1, 0.15) is 0 Å². The second kappa shape index (κ2) is 7.59. The molecule has 1 aliphatic heterocycles. The van der Waals surface area contributed by atoms with Crippen LogP contribution in [0.15, 0.2) is 28.6 Å². The molecule has 142 valence electrons. The molecule has 1 saturated carbocycles. The Bertz CT molecular complexity index is 865. The van der Waals surface area contributed by atoms with Crippen LogP contribution in [0, 0.1) is 0 Å². The van der Waals surface area contributed by atoms with Gasteiger partial charge in [-0.3, -0.25) is 14.5 Å². The van der Waals surface area contributed by atoms with E-state index in [2.05, 4.69) is 16.3 Å². The van der Waals surface area contributed by atoms with Crippen LogP contribution >= 0.6 is 23.1 Å². The zero-order chi connectivity index (χ0) is 19.0. The second-order valence-corrected chi connectivity index (χ2v) is 9.50. The van der Waals surface area contributed by atoms with Crippen molar-refractivity contribution in [2.75, 3.05) is 16.3 Å². The van der Waals surface area contributed by atoms with E-state index in [4.69, 9.17) is 0 Å². The average molecular weight is 403 g/mol. The summed E-state index contributed by atoms with van der Waals surface area (Å²) < 4.78 is 0.725. The van der Waals surface area contributed by atoms with Gasteiger partial charge in [-0.2, -0.15) is 0 Å². The lowest BCUT2D eigenvalue weighted by Gasteiger charge is -2.31. The summed E-state index contributed by atoms with van der Waals surface area (Å²) >= 11 is 2.81. The van der Waals surface area contributed by atoms with Crippen molar-refractivity contribution >= 4 is 45.7 Å². The number of amides is 2. The standard InChI is InChI=1S/C19H22N4O2S2/c1-12(17(25)22-11-5-7-14-6-3-4-8-16(14)22)26-19-21-20-18(27-19)23(13(2)24)15-9-10-15/h3-4,6,8,12,15H,5,7,9-11H2,1-2H3. The van der Waals surface area contributed by atoms with Gasteiger partial charge < -0.3 is 4.90 Å². The predicted octanol–water partition coefficient (Wildman–Crippen LogP) is 3.51. The normalized spacial score (nSPS) is 17.3. The number of thioether (sulfide) groups is 1. The van der Waals surface area contributed by atoms with Crippen molar-refractivity contribution in [2.45, 2.75) is 55.2 Å². The van der Waals surface area contributed by atoms with Gasteiger partial charge in [-0.15, -0.1) is 10.2 Å². The second-order valence-electron chi connectivity index (χ2n) is 6.95. The minimum absolute atomic E-state index is 0.000696. The number of fused-ring (bicyclic) bond motifs is 1. The summed E-state index contributed by atoms with van der Waals surface area (Å²) in [6.45, 7) is 4.23. The molecular weight excluding hydrogens is 380 g/mol. The molecule has 2 heterocycles. The molecule has 1 aromatic heterocycles. The van der Waals surface area contributed by atoms with E-state index < -0.39 is 0 Å². The maximum atomic E-state index is 13.0. The molecule has 1 atom stereocenters. The van der Waals surface area contributed by atoms with E-state index in [1.165, 1.54) is 28.7 Å². The number of carbonyl (C=O) groups excluding carboxylic acids is 2. The summed E-state index contributed by atoms with van der Waals surface area (Å²) in [7, 11) is 0. The molecule has 0 N–H and O–H groups in total. The van der Waals surface area contributed by atoms with Crippen molar-refractivity contribution in [3.63, 3.8) is 0 Å². The van der Waals surface area contributed by atoms with Crippen molar-refractivity contribution in [3.8, 4) is 0 Å². The summed E-state index contributed by atoms with van der Waals surface area (Å²) in [5.74, 6) is 0.0914. The Labute approximate surface area is 167 Å². The number of para-hydroxylation sites is 1. The molecule has 1 fully saturated rings. The Kier molecular flexibility index (Phi) is 5.19. The molecule has 1 aromatic carbocycles. The predicted molar refractivity (Wildman–Crippen MR) is 109 cm³/mol. The molecule has 2 aromatic rings. The Balaban J connectivity index is 1.46. The number of rotatable bonds is 5. The quantitative estimate of drug-likeness (QED) is 0.566. The molecule has 0 bridgehead atoms. The van der Waals surface area contributed by atoms with Crippen molar-refractivity contribution in [1.29, 1.82) is 0 Å². The van der Waals surface area contributed by atoms with E-state index >= 15 is 0 Å². The minimum atomic E-state index is -0.261. The van der Waals surface area contributed by atoms with Gasteiger partial charge in [0.05, 0.1) is 5.25 Å². The van der Waals surface area contributed by atoms with Crippen LogP contribution in [0.1, 0.15) is 38.7 Å². The first-order valence-electron chi connectivity index (χ1n) is 9.24. The Morgan fingerprint density at radius 3 is 2.81 bits per heavy atom. The van der Waals surface area contributed by atoms with Crippen LogP contribution in [0.2, 0.25) is 0 Å². The number of benzene rings is 1. The van der Waals surface area contributed by atoms with E-state index in [1.807, 2.05) is 30.0 Å². The molecule has 1 unspecified atom stereocenters. The van der Waals surface area contributed by atoms with Crippen LogP contribution in [0.5, 0.6) is 0 Å². The molecule has 2 aliphatic rings. The number of aryl methyl sites for hydroxylation is 1. The third-order valence-electron chi connectivity index (χ3n) is 4.85. The third-order valence-corrected chi connectivity index (χ3v) is 6.95. The zero-order valence-corrected chi connectivity index (χ0v) is 17.1. The summed E-state index contributed by atoms with van der Waals surface area (Å²) in [5, 5.41) is 8.77. The first kappa shape index (κ1) is 18.4. The van der Waals surface area contributed by atoms with Gasteiger partial charge in [-0.25, -0.2) is 0 Å². The maximum absolute atomic E-state index is 13.0. The van der Waals surface area contributed by atoms with Gasteiger partial charge >= 0.3 is 0 Å². The highest BCUT2D eigenvalue weighted by Gasteiger charge is 2.34. The van der Waals surface area contributed by atoms with Crippen molar-refractivity contribution in [3.05, 3.63) is 29.8 Å². The van der Waals surface area contributed by atoms with Gasteiger partial charge in [0, 0.05) is 25.2 Å². The van der Waals surface area contributed by atoms with Crippen molar-refractivity contribution in [1.82, 2.24) is 10.2 Å². The highest BCUT2D eigenvalue weighted by atomic mass is 32.2. The largest absolute Gasteiger partial charge is 0.311 e. The molecule has 1 aliphatic carbocycles. The van der Waals surface area contributed by atoms with Gasteiger partial charge in [0.15, 0.2) is 4.34 Å². The number of carbonyl (C=O) groups is 2. The van der Waals surface area contributed by atoms with Crippen LogP contribution in [0.3, 0.4) is 0 Å². The van der Waals surface area contributed by atoms with E-state index in [9.17, 15) is 9.59 Å². The van der Waals surface area contributed by atoms with Crippen LogP contribution in [-0.2, 0) is 16.0 Å². The first-order chi connectivity index (χ1) is 13.0. The SMILES string of the molecule is CC(=O)N(c1nnc(SC(C)C(=O)N2CCCc3ccccc32)s1)C1CC1. The number of hydrogen-bond acceptors (Lipinski definition) is 6. The molecule has 27 heavy (non-hydrogen) atoms. The number of aromatic nitrogens is 2. The Morgan fingerprint density at radius 2 is 2.07 bits per heavy atom. The molecule has 4 rings (SSSR count). The fourth-order valence-electron chi connectivity index (χ4n) is 3.41. The first-order valence-corrected chi connectivity index (χ1v) is 10.9. The topological polar surface area (TPSA) is 66.4 Å². The number of anilines is 2. The van der Waals surface area contributed by atoms with Gasteiger partial charge in [0.2, 0.25) is 16.9 Å². The van der Waals surface area contributed by atoms with Gasteiger partial charge in [-0.05, 0) is 44.2 Å². The lowest BCUT2D eigenvalue weighted by molar-refractivity contribution is -0.118. The minimum Gasteiger partial charge on any atom is -0.311 e. The molecule has 0 spiro atoms. The Hall–Kier alpha value is -1.93. The average Bonchev–Trinajstić information content (AvgIpc) is 3.39. The van der Waals surface area contributed by atoms with Crippen LogP contribution in [-0.4, -0.2) is 39.8 Å². The fraction of sp³-hybridized carbons (Fsp3) is 0.474. The monoisotopic (exact) mass is 402 g/mol. The van der Waals surface area contributed by atoms with E-state index in [0.29, 0.717) is 5.13 Å². The molecule has 6 nitrogen and oxygen atoms in total. The van der Waals surface area contributed by atoms with Crippen molar-refractivity contribution < 1.29 is 9.59 Å². The summed E-state index contributed by atoms with van der Waals surface area (Å²) in [4.78, 5) is 28.5. The summed E-state index contributed by atoms with van der Waals surface area (Å²) in [5.41, 5.74) is 2.25. The van der Waals surface area contributed by atoms with Crippen LogP contribution < -0.4 is 9.80 Å². The van der Waals surface area contributed by atoms with Crippen LogP contribution in [0.25, 0.3) is 0 Å². The molecule has 0 radical (unpaired) electrons. The molecular formula is C19H22N4O2S2. The Morgan fingerprint density at radius 1 is 1.30 bits per heavy atom. The fourth-order valence-corrected chi connectivity index (χ4v) is 5.57. The summed E-state index contributed by atoms with van der Waals surface area (Å²) in [6.07, 6.45) is 4.04.